The van der Waals surface area contributed by atoms with Crippen LogP contribution in [0.4, 0.5) is 0 Å². The highest BCUT2D eigenvalue weighted by molar-refractivity contribution is 5.79. The van der Waals surface area contributed by atoms with Crippen molar-refractivity contribution in [3.63, 3.8) is 0 Å². The highest BCUT2D eigenvalue weighted by Crippen LogP contribution is 2.09. The molecule has 2 nitrogen and oxygen atoms in total. The lowest BCUT2D eigenvalue weighted by Gasteiger charge is -1.99. The Morgan fingerprint density at radius 1 is 0.955 bits per heavy atom. The van der Waals surface area contributed by atoms with Gasteiger partial charge >= 0.3 is 5.97 Å². The fourth-order valence-corrected chi connectivity index (χ4v) is 2.01. The van der Waals surface area contributed by atoms with E-state index in [0.29, 0.717) is 6.42 Å². The summed E-state index contributed by atoms with van der Waals surface area (Å²) in [6, 6.07) is 0. The summed E-state index contributed by atoms with van der Waals surface area (Å²) in [5.41, 5.74) is 0. The van der Waals surface area contributed by atoms with Gasteiger partial charge in [0.25, 0.3) is 0 Å². The summed E-state index contributed by atoms with van der Waals surface area (Å²) in [6.07, 6.45) is 23.0. The van der Waals surface area contributed by atoms with Gasteiger partial charge in [-0.1, -0.05) is 88.0 Å². The van der Waals surface area contributed by atoms with E-state index in [1.54, 1.807) is 12.2 Å². The van der Waals surface area contributed by atoms with Crippen LogP contribution in [0.2, 0.25) is 0 Å². The molecule has 0 aromatic carbocycles. The molecule has 22 heavy (non-hydrogen) atoms. The molecule has 1 N–H and O–H groups in total. The van der Waals surface area contributed by atoms with Gasteiger partial charge in [0.2, 0.25) is 0 Å². The largest absolute Gasteiger partial charge is 0.478 e. The molecular weight excluding hydrogens is 272 g/mol. The number of carboxylic acids is 1. The van der Waals surface area contributed by atoms with Crippen LogP contribution in [0.1, 0.15) is 71.1 Å². The van der Waals surface area contributed by atoms with Gasteiger partial charge in [0.05, 0.1) is 0 Å². The number of hydrogen-bond donors (Lipinski definition) is 1. The van der Waals surface area contributed by atoms with Gasteiger partial charge in [-0.25, -0.2) is 4.79 Å². The van der Waals surface area contributed by atoms with Crippen LogP contribution in [-0.4, -0.2) is 11.1 Å². The highest BCUT2D eigenvalue weighted by Gasteiger charge is 1.89. The Morgan fingerprint density at radius 3 is 2.32 bits per heavy atom. The second-order valence-electron chi connectivity index (χ2n) is 5.32. The van der Waals surface area contributed by atoms with E-state index in [1.807, 2.05) is 12.2 Å². The standard InChI is InChI=1S/C20H30O2/c1-2-3-4-5-6-7-8-9-10-11-12-13-14-15-16-17-18-19-20(21)22/h11-14,18-19H,2-10,17H2,1H3,(H,21,22). The van der Waals surface area contributed by atoms with Crippen molar-refractivity contribution in [2.45, 2.75) is 71.1 Å². The molecule has 0 aromatic rings. The second-order valence-corrected chi connectivity index (χ2v) is 5.32. The molecule has 2 heteroatoms. The van der Waals surface area contributed by atoms with Gasteiger partial charge in [0, 0.05) is 12.5 Å². The maximum Gasteiger partial charge on any atom is 0.328 e. The Morgan fingerprint density at radius 2 is 1.64 bits per heavy atom. The fraction of sp³-hybridized carbons (Fsp3) is 0.550. The average Bonchev–Trinajstić information content (AvgIpc) is 2.50. The summed E-state index contributed by atoms with van der Waals surface area (Å²) in [5.74, 6) is 4.80. The molecule has 122 valence electrons. The summed E-state index contributed by atoms with van der Waals surface area (Å²) in [4.78, 5) is 10.2. The Balaban J connectivity index is 3.41. The van der Waals surface area contributed by atoms with Gasteiger partial charge in [-0.15, -0.1) is 0 Å². The number of aliphatic carboxylic acids is 1. The van der Waals surface area contributed by atoms with Crippen LogP contribution in [-0.2, 0) is 4.79 Å². The van der Waals surface area contributed by atoms with E-state index in [2.05, 4.69) is 24.8 Å². The molecule has 0 aromatic heterocycles. The van der Waals surface area contributed by atoms with Gasteiger partial charge in [-0.2, -0.15) is 0 Å². The van der Waals surface area contributed by atoms with Gasteiger partial charge in [0.15, 0.2) is 0 Å². The predicted octanol–water partition coefficient (Wildman–Crippen LogP) is 5.66. The smallest absolute Gasteiger partial charge is 0.328 e. The Kier molecular flexibility index (Phi) is 15.9. The fourth-order valence-electron chi connectivity index (χ4n) is 2.01. The number of carbonyl (C=O) groups is 1. The van der Waals surface area contributed by atoms with E-state index in [9.17, 15) is 4.79 Å². The zero-order chi connectivity index (χ0) is 16.3. The van der Waals surface area contributed by atoms with Crippen molar-refractivity contribution in [3.8, 4) is 11.8 Å². The summed E-state index contributed by atoms with van der Waals surface area (Å²) in [6.45, 7) is 2.25. The van der Waals surface area contributed by atoms with E-state index in [0.717, 1.165) is 12.5 Å². The third kappa shape index (κ3) is 18.2. The van der Waals surface area contributed by atoms with E-state index in [-0.39, 0.29) is 0 Å². The second kappa shape index (κ2) is 17.3. The third-order valence-electron chi connectivity index (χ3n) is 3.23. The minimum absolute atomic E-state index is 0.471. The summed E-state index contributed by atoms with van der Waals surface area (Å²) in [7, 11) is 0. The number of rotatable bonds is 12. The van der Waals surface area contributed by atoms with Crippen LogP contribution in [0.3, 0.4) is 0 Å². The molecule has 0 rings (SSSR count). The van der Waals surface area contributed by atoms with Crippen LogP contribution in [0.5, 0.6) is 0 Å². The summed E-state index contributed by atoms with van der Waals surface area (Å²) in [5, 5.41) is 8.38. The van der Waals surface area contributed by atoms with Crippen molar-refractivity contribution in [1.29, 1.82) is 0 Å². The lowest BCUT2D eigenvalue weighted by atomic mass is 10.1. The predicted molar refractivity (Wildman–Crippen MR) is 94.7 cm³/mol. The van der Waals surface area contributed by atoms with E-state index in [4.69, 9.17) is 5.11 Å². The van der Waals surface area contributed by atoms with Crippen molar-refractivity contribution >= 4 is 5.97 Å². The Hall–Kier alpha value is -1.75. The minimum atomic E-state index is -0.929. The van der Waals surface area contributed by atoms with Gasteiger partial charge in [0.1, 0.15) is 0 Å². The molecule has 0 atom stereocenters. The SMILES string of the molecule is CCCCCCCCCCC=CC=CC#CCC=CC(=O)O. The summed E-state index contributed by atoms with van der Waals surface area (Å²) >= 11 is 0. The van der Waals surface area contributed by atoms with Crippen LogP contribution in [0.15, 0.2) is 36.5 Å². The third-order valence-corrected chi connectivity index (χ3v) is 3.23. The summed E-state index contributed by atoms with van der Waals surface area (Å²) < 4.78 is 0. The monoisotopic (exact) mass is 302 g/mol. The van der Waals surface area contributed by atoms with Crippen LogP contribution in [0, 0.1) is 11.8 Å². The van der Waals surface area contributed by atoms with Crippen molar-refractivity contribution in [3.05, 3.63) is 36.5 Å². The topological polar surface area (TPSA) is 37.3 Å². The number of allylic oxidation sites excluding steroid dienone is 5. The number of unbranched alkanes of at least 4 members (excludes halogenated alkanes) is 8. The molecule has 0 aliphatic carbocycles. The molecule has 0 bridgehead atoms. The van der Waals surface area contributed by atoms with Gasteiger partial charge < -0.3 is 5.11 Å². The molecule has 0 aliphatic rings. The average molecular weight is 302 g/mol. The maximum absolute atomic E-state index is 10.2. The Labute approximate surface area is 136 Å². The number of carboxylic acid groups (broad SMARTS) is 1. The van der Waals surface area contributed by atoms with Gasteiger partial charge in [-0.05, 0) is 18.9 Å². The highest BCUT2D eigenvalue weighted by atomic mass is 16.4. The molecule has 0 heterocycles. The van der Waals surface area contributed by atoms with E-state index in [1.165, 1.54) is 51.4 Å². The van der Waals surface area contributed by atoms with Gasteiger partial charge in [-0.3, -0.25) is 0 Å². The number of hydrogen-bond acceptors (Lipinski definition) is 1. The molecule has 0 radical (unpaired) electrons. The quantitative estimate of drug-likeness (QED) is 0.218. The molecule has 0 fully saturated rings. The van der Waals surface area contributed by atoms with Crippen molar-refractivity contribution in [2.24, 2.45) is 0 Å². The minimum Gasteiger partial charge on any atom is -0.478 e. The molecule has 0 saturated heterocycles. The van der Waals surface area contributed by atoms with Crippen molar-refractivity contribution < 1.29 is 9.90 Å². The van der Waals surface area contributed by atoms with Crippen LogP contribution >= 0.6 is 0 Å². The lowest BCUT2D eigenvalue weighted by molar-refractivity contribution is -0.131. The maximum atomic E-state index is 10.2. The zero-order valence-electron chi connectivity index (χ0n) is 13.9. The molecule has 0 saturated carbocycles. The molecule has 0 aliphatic heterocycles. The Bertz CT molecular complexity index is 405. The first-order chi connectivity index (χ1) is 10.8. The van der Waals surface area contributed by atoms with E-state index < -0.39 is 5.97 Å². The van der Waals surface area contributed by atoms with E-state index >= 15 is 0 Å². The van der Waals surface area contributed by atoms with Crippen LogP contribution in [0.25, 0.3) is 0 Å². The van der Waals surface area contributed by atoms with Crippen molar-refractivity contribution in [1.82, 2.24) is 0 Å². The molecule has 0 spiro atoms. The van der Waals surface area contributed by atoms with Crippen LogP contribution < -0.4 is 0 Å². The first kappa shape index (κ1) is 20.2. The molecule has 0 unspecified atom stereocenters. The molecule has 0 amide bonds. The normalized spacial score (nSPS) is 11.3. The van der Waals surface area contributed by atoms with Crippen molar-refractivity contribution in [2.75, 3.05) is 0 Å². The first-order valence-electron chi connectivity index (χ1n) is 8.47. The lowest BCUT2D eigenvalue weighted by Crippen LogP contribution is -1.84. The molecular formula is C20H30O2. The zero-order valence-corrected chi connectivity index (χ0v) is 13.9. The first-order valence-corrected chi connectivity index (χ1v) is 8.47.